The van der Waals surface area contributed by atoms with E-state index < -0.39 is 15.9 Å². The topological polar surface area (TPSA) is 75.7 Å². The van der Waals surface area contributed by atoms with Crippen LogP contribution in [-0.4, -0.2) is 34.0 Å². The van der Waals surface area contributed by atoms with Crippen LogP contribution in [0.2, 0.25) is 0 Å². The Kier molecular flexibility index (Phi) is 7.31. The average molecular weight is 439 g/mol. The molecule has 0 fully saturated rings. The van der Waals surface area contributed by atoms with Crippen molar-refractivity contribution >= 4 is 21.6 Å². The van der Waals surface area contributed by atoms with Gasteiger partial charge in [-0.05, 0) is 55.3 Å². The highest BCUT2D eigenvalue weighted by Gasteiger charge is 2.28. The Labute approximate surface area is 183 Å². The fourth-order valence-electron chi connectivity index (χ4n) is 3.09. The zero-order chi connectivity index (χ0) is 22.3. The van der Waals surface area contributed by atoms with E-state index in [4.69, 9.17) is 4.74 Å². The third kappa shape index (κ3) is 5.64. The summed E-state index contributed by atoms with van der Waals surface area (Å²) in [6.07, 6.45) is 0. The molecule has 0 saturated heterocycles. The Balaban J connectivity index is 1.75. The number of rotatable bonds is 9. The highest BCUT2D eigenvalue weighted by atomic mass is 32.2. The SMILES string of the molecule is Cc1cccc(N(CC(=O)NCCOc2ccccc2)S(=O)(=O)c2ccccc2)c1C. The molecule has 0 spiro atoms. The predicted octanol–water partition coefficient (Wildman–Crippen LogP) is 3.69. The van der Waals surface area contributed by atoms with Crippen LogP contribution >= 0.6 is 0 Å². The lowest BCUT2D eigenvalue weighted by Gasteiger charge is -2.26. The van der Waals surface area contributed by atoms with Gasteiger partial charge >= 0.3 is 0 Å². The number of hydrogen-bond acceptors (Lipinski definition) is 4. The summed E-state index contributed by atoms with van der Waals surface area (Å²) in [7, 11) is -3.92. The average Bonchev–Trinajstić information content (AvgIpc) is 2.78. The molecule has 7 heteroatoms. The molecule has 6 nitrogen and oxygen atoms in total. The summed E-state index contributed by atoms with van der Waals surface area (Å²) in [5.41, 5.74) is 2.24. The molecule has 3 aromatic carbocycles. The minimum atomic E-state index is -3.92. The van der Waals surface area contributed by atoms with Crippen LogP contribution in [0.1, 0.15) is 11.1 Å². The second-order valence-corrected chi connectivity index (χ2v) is 8.92. The van der Waals surface area contributed by atoms with Crippen LogP contribution in [0.4, 0.5) is 5.69 Å². The van der Waals surface area contributed by atoms with E-state index in [0.29, 0.717) is 11.4 Å². The van der Waals surface area contributed by atoms with E-state index in [2.05, 4.69) is 5.32 Å². The van der Waals surface area contributed by atoms with Gasteiger partial charge in [0.2, 0.25) is 5.91 Å². The Morgan fingerprint density at radius 1 is 0.903 bits per heavy atom. The summed E-state index contributed by atoms with van der Waals surface area (Å²) in [5, 5.41) is 2.74. The Morgan fingerprint density at radius 3 is 2.23 bits per heavy atom. The number of hydrogen-bond donors (Lipinski definition) is 1. The monoisotopic (exact) mass is 438 g/mol. The zero-order valence-electron chi connectivity index (χ0n) is 17.6. The Hall–Kier alpha value is -3.32. The van der Waals surface area contributed by atoms with Crippen LogP contribution in [0.5, 0.6) is 5.75 Å². The van der Waals surface area contributed by atoms with Gasteiger partial charge in [-0.3, -0.25) is 9.10 Å². The number of amides is 1. The molecule has 0 radical (unpaired) electrons. The fourth-order valence-corrected chi connectivity index (χ4v) is 4.59. The van der Waals surface area contributed by atoms with E-state index in [-0.39, 0.29) is 24.6 Å². The van der Waals surface area contributed by atoms with Gasteiger partial charge in [0.25, 0.3) is 10.0 Å². The highest BCUT2D eigenvalue weighted by Crippen LogP contribution is 2.28. The van der Waals surface area contributed by atoms with Gasteiger partial charge in [-0.1, -0.05) is 48.5 Å². The fraction of sp³-hybridized carbons (Fsp3) is 0.208. The zero-order valence-corrected chi connectivity index (χ0v) is 18.4. The largest absolute Gasteiger partial charge is 0.492 e. The summed E-state index contributed by atoms with van der Waals surface area (Å²) < 4.78 is 33.5. The normalized spacial score (nSPS) is 11.0. The van der Waals surface area contributed by atoms with Crippen LogP contribution in [0.3, 0.4) is 0 Å². The summed E-state index contributed by atoms with van der Waals surface area (Å²) in [6.45, 7) is 3.98. The molecule has 3 aromatic rings. The standard InChI is InChI=1S/C24H26N2O4S/c1-19-10-9-15-23(20(19)2)26(31(28,29)22-13-7-4-8-14-22)18-24(27)25-16-17-30-21-11-5-3-6-12-21/h3-15H,16-18H2,1-2H3,(H,25,27). The number of benzene rings is 3. The second-order valence-electron chi connectivity index (χ2n) is 7.06. The molecular formula is C24H26N2O4S. The number of para-hydroxylation sites is 1. The van der Waals surface area contributed by atoms with Gasteiger partial charge in [-0.25, -0.2) is 8.42 Å². The minimum Gasteiger partial charge on any atom is -0.492 e. The first-order valence-corrected chi connectivity index (χ1v) is 11.4. The molecule has 0 bridgehead atoms. The van der Waals surface area contributed by atoms with E-state index in [1.54, 1.807) is 30.3 Å². The van der Waals surface area contributed by atoms with E-state index in [9.17, 15) is 13.2 Å². The molecule has 0 unspecified atom stereocenters. The summed E-state index contributed by atoms with van der Waals surface area (Å²) in [4.78, 5) is 12.8. The lowest BCUT2D eigenvalue weighted by Crippen LogP contribution is -2.42. The summed E-state index contributed by atoms with van der Waals surface area (Å²) in [6, 6.07) is 22.8. The van der Waals surface area contributed by atoms with E-state index in [1.807, 2.05) is 50.2 Å². The van der Waals surface area contributed by atoms with E-state index in [1.165, 1.54) is 12.1 Å². The van der Waals surface area contributed by atoms with Crippen molar-refractivity contribution in [3.8, 4) is 5.75 Å². The van der Waals surface area contributed by atoms with Gasteiger partial charge in [0.1, 0.15) is 18.9 Å². The van der Waals surface area contributed by atoms with Crippen LogP contribution in [0.15, 0.2) is 83.8 Å². The van der Waals surface area contributed by atoms with Crippen molar-refractivity contribution in [3.63, 3.8) is 0 Å². The number of aryl methyl sites for hydroxylation is 1. The van der Waals surface area contributed by atoms with Gasteiger partial charge in [0.15, 0.2) is 0 Å². The van der Waals surface area contributed by atoms with Gasteiger partial charge in [0, 0.05) is 0 Å². The number of sulfonamides is 1. The van der Waals surface area contributed by atoms with Crippen molar-refractivity contribution in [1.29, 1.82) is 0 Å². The minimum absolute atomic E-state index is 0.135. The molecule has 0 heterocycles. The van der Waals surface area contributed by atoms with Gasteiger partial charge in [0.05, 0.1) is 17.1 Å². The van der Waals surface area contributed by atoms with Gasteiger partial charge in [-0.2, -0.15) is 0 Å². The number of carbonyl (C=O) groups excluding carboxylic acids is 1. The maximum atomic E-state index is 13.4. The predicted molar refractivity (Wildman–Crippen MR) is 122 cm³/mol. The number of nitrogens with one attached hydrogen (secondary N) is 1. The molecule has 0 aliphatic heterocycles. The van der Waals surface area contributed by atoms with Crippen LogP contribution < -0.4 is 14.4 Å². The molecule has 162 valence electrons. The van der Waals surface area contributed by atoms with Crippen LogP contribution in [0, 0.1) is 13.8 Å². The third-order valence-electron chi connectivity index (χ3n) is 4.90. The van der Waals surface area contributed by atoms with Gasteiger partial charge < -0.3 is 10.1 Å². The molecule has 1 N–H and O–H groups in total. The molecule has 0 aromatic heterocycles. The molecular weight excluding hydrogens is 412 g/mol. The number of nitrogens with zero attached hydrogens (tertiary/aromatic N) is 1. The number of anilines is 1. The maximum Gasteiger partial charge on any atom is 0.264 e. The van der Waals surface area contributed by atoms with Gasteiger partial charge in [-0.15, -0.1) is 0 Å². The van der Waals surface area contributed by atoms with Crippen molar-refractivity contribution in [2.24, 2.45) is 0 Å². The first-order valence-electron chi connectivity index (χ1n) is 9.98. The van der Waals surface area contributed by atoms with E-state index >= 15 is 0 Å². The molecule has 31 heavy (non-hydrogen) atoms. The number of carbonyl (C=O) groups is 1. The van der Waals surface area contributed by atoms with Crippen LogP contribution in [0.25, 0.3) is 0 Å². The summed E-state index contributed by atoms with van der Waals surface area (Å²) in [5.74, 6) is 0.303. The van der Waals surface area contributed by atoms with Crippen molar-refractivity contribution in [3.05, 3.63) is 90.0 Å². The molecule has 1 amide bonds. The van der Waals surface area contributed by atoms with Crippen molar-refractivity contribution < 1.29 is 17.9 Å². The second kappa shape index (κ2) is 10.1. The first-order chi connectivity index (χ1) is 14.9. The molecule has 0 saturated carbocycles. The third-order valence-corrected chi connectivity index (χ3v) is 6.67. The number of ether oxygens (including phenoxy) is 1. The van der Waals surface area contributed by atoms with Crippen LogP contribution in [-0.2, 0) is 14.8 Å². The molecule has 0 aliphatic rings. The van der Waals surface area contributed by atoms with Crippen molar-refractivity contribution in [2.45, 2.75) is 18.7 Å². The highest BCUT2D eigenvalue weighted by molar-refractivity contribution is 7.92. The Morgan fingerprint density at radius 2 is 1.55 bits per heavy atom. The first kappa shape index (κ1) is 22.4. The maximum absolute atomic E-state index is 13.4. The lowest BCUT2D eigenvalue weighted by molar-refractivity contribution is -0.119. The van der Waals surface area contributed by atoms with Crippen molar-refractivity contribution in [1.82, 2.24) is 5.32 Å². The molecule has 0 aliphatic carbocycles. The summed E-state index contributed by atoms with van der Waals surface area (Å²) >= 11 is 0. The Bertz CT molecular complexity index is 1120. The molecule has 0 atom stereocenters. The van der Waals surface area contributed by atoms with E-state index in [0.717, 1.165) is 15.4 Å². The van der Waals surface area contributed by atoms with Crippen molar-refractivity contribution in [2.75, 3.05) is 24.0 Å². The quantitative estimate of drug-likeness (QED) is 0.517. The smallest absolute Gasteiger partial charge is 0.264 e. The molecule has 3 rings (SSSR count). The lowest BCUT2D eigenvalue weighted by atomic mass is 10.1.